The molecule has 1 unspecified atom stereocenters. The highest BCUT2D eigenvalue weighted by molar-refractivity contribution is 7.14. The lowest BCUT2D eigenvalue weighted by molar-refractivity contribution is -0.121. The summed E-state index contributed by atoms with van der Waals surface area (Å²) in [5.74, 6) is -0.0734. The second-order valence-corrected chi connectivity index (χ2v) is 7.75. The highest BCUT2D eigenvalue weighted by Crippen LogP contribution is 2.27. The Morgan fingerprint density at radius 1 is 1.25 bits per heavy atom. The van der Waals surface area contributed by atoms with Gasteiger partial charge in [0.1, 0.15) is 5.01 Å². The van der Waals surface area contributed by atoms with Crippen LogP contribution >= 0.6 is 45.9 Å². The van der Waals surface area contributed by atoms with E-state index in [9.17, 15) is 4.79 Å². The molecule has 124 valence electrons. The molecule has 0 spiro atoms. The Labute approximate surface area is 158 Å². The van der Waals surface area contributed by atoms with Crippen LogP contribution in [-0.4, -0.2) is 10.9 Å². The van der Waals surface area contributed by atoms with Crippen LogP contribution in [0.25, 0.3) is 10.6 Å². The zero-order chi connectivity index (χ0) is 17.1. The van der Waals surface area contributed by atoms with Gasteiger partial charge in [-0.15, -0.1) is 11.3 Å². The Bertz CT molecular complexity index is 846. The molecule has 0 saturated heterocycles. The van der Waals surface area contributed by atoms with Crippen molar-refractivity contribution in [1.82, 2.24) is 10.3 Å². The summed E-state index contributed by atoms with van der Waals surface area (Å²) < 4.78 is 0. The van der Waals surface area contributed by atoms with Crippen LogP contribution in [0.15, 0.2) is 40.4 Å². The number of nitrogens with zero attached hydrogens (tertiary/aromatic N) is 1. The summed E-state index contributed by atoms with van der Waals surface area (Å²) in [5.41, 5.74) is 2.79. The van der Waals surface area contributed by atoms with E-state index in [2.05, 4.69) is 15.7 Å². The molecule has 7 heteroatoms. The predicted octanol–water partition coefficient (Wildman–Crippen LogP) is 5.60. The van der Waals surface area contributed by atoms with Crippen molar-refractivity contribution in [2.75, 3.05) is 0 Å². The van der Waals surface area contributed by atoms with E-state index < -0.39 is 0 Å². The molecule has 0 aliphatic rings. The molecule has 0 fully saturated rings. The number of amides is 1. The van der Waals surface area contributed by atoms with E-state index in [1.807, 2.05) is 29.8 Å². The van der Waals surface area contributed by atoms with Gasteiger partial charge in [-0.2, -0.15) is 11.3 Å². The van der Waals surface area contributed by atoms with Gasteiger partial charge in [-0.05, 0) is 36.1 Å². The fourth-order valence-corrected chi connectivity index (χ4v) is 4.07. The highest BCUT2D eigenvalue weighted by atomic mass is 35.5. The third kappa shape index (κ3) is 4.16. The topological polar surface area (TPSA) is 42.0 Å². The van der Waals surface area contributed by atoms with Crippen LogP contribution in [0.1, 0.15) is 24.2 Å². The van der Waals surface area contributed by atoms with Crippen molar-refractivity contribution < 1.29 is 4.79 Å². The molecule has 3 nitrogen and oxygen atoms in total. The van der Waals surface area contributed by atoms with Gasteiger partial charge < -0.3 is 5.32 Å². The van der Waals surface area contributed by atoms with Crippen molar-refractivity contribution in [3.8, 4) is 10.6 Å². The first-order valence-corrected chi connectivity index (χ1v) is 9.82. The van der Waals surface area contributed by atoms with Gasteiger partial charge in [-0.25, -0.2) is 4.98 Å². The Kier molecular flexibility index (Phi) is 5.56. The molecule has 0 radical (unpaired) electrons. The molecule has 0 aliphatic heterocycles. The smallest absolute Gasteiger partial charge is 0.226 e. The Morgan fingerprint density at radius 3 is 2.79 bits per heavy atom. The first kappa shape index (κ1) is 17.4. The van der Waals surface area contributed by atoms with E-state index in [0.717, 1.165) is 21.8 Å². The number of nitrogens with one attached hydrogen (secondary N) is 1. The minimum absolute atomic E-state index is 0.0734. The van der Waals surface area contributed by atoms with Crippen LogP contribution in [0.2, 0.25) is 10.0 Å². The quantitative estimate of drug-likeness (QED) is 0.609. The van der Waals surface area contributed by atoms with Crippen molar-refractivity contribution >= 4 is 51.8 Å². The Hall–Kier alpha value is -1.40. The third-order valence-corrected chi connectivity index (χ3v) is 5.85. The minimum atomic E-state index is -0.151. The number of hydrogen-bond donors (Lipinski definition) is 1. The van der Waals surface area contributed by atoms with Crippen molar-refractivity contribution in [3.63, 3.8) is 0 Å². The second-order valence-electron chi connectivity index (χ2n) is 5.30. The highest BCUT2D eigenvalue weighted by Gasteiger charge is 2.13. The number of hydrogen-bond acceptors (Lipinski definition) is 4. The maximum absolute atomic E-state index is 12.2. The summed E-state index contributed by atoms with van der Waals surface area (Å²) in [6, 6.07) is 7.24. The van der Waals surface area contributed by atoms with Crippen molar-refractivity contribution in [2.24, 2.45) is 0 Å². The first-order chi connectivity index (χ1) is 11.5. The molecule has 24 heavy (non-hydrogen) atoms. The molecule has 2 aromatic heterocycles. The average Bonchev–Trinajstić information content (AvgIpc) is 3.20. The van der Waals surface area contributed by atoms with Gasteiger partial charge >= 0.3 is 0 Å². The molecule has 3 rings (SSSR count). The van der Waals surface area contributed by atoms with Crippen LogP contribution in [0.4, 0.5) is 0 Å². The van der Waals surface area contributed by atoms with Crippen molar-refractivity contribution in [2.45, 2.75) is 19.4 Å². The van der Waals surface area contributed by atoms with E-state index in [-0.39, 0.29) is 18.4 Å². The molecule has 0 aliphatic carbocycles. The molecule has 1 aromatic carbocycles. The number of benzene rings is 1. The number of halogens is 2. The fraction of sp³-hybridized carbons (Fsp3) is 0.176. The first-order valence-electron chi connectivity index (χ1n) is 7.24. The number of carbonyl (C=O) groups is 1. The standard InChI is InChI=1S/C17H14Cl2N2OS2/c1-10(11-2-3-14(18)15(19)6-11)20-16(22)7-13-9-24-17(21-13)12-4-5-23-8-12/h2-6,8-10H,7H2,1H3,(H,20,22). The van der Waals surface area contributed by atoms with Crippen molar-refractivity contribution in [1.29, 1.82) is 0 Å². The van der Waals surface area contributed by atoms with Crippen LogP contribution in [0.3, 0.4) is 0 Å². The monoisotopic (exact) mass is 396 g/mol. The second kappa shape index (κ2) is 7.66. The number of rotatable bonds is 5. The summed E-state index contributed by atoms with van der Waals surface area (Å²) in [6.45, 7) is 1.91. The lowest BCUT2D eigenvalue weighted by atomic mass is 10.1. The van der Waals surface area contributed by atoms with Crippen molar-refractivity contribution in [3.05, 3.63) is 61.7 Å². The van der Waals surface area contributed by atoms with E-state index in [1.54, 1.807) is 34.8 Å². The van der Waals surface area contributed by atoms with Gasteiger partial charge in [0.15, 0.2) is 0 Å². The van der Waals surface area contributed by atoms with Gasteiger partial charge in [0.05, 0.1) is 28.2 Å². The van der Waals surface area contributed by atoms with Gasteiger partial charge in [0.2, 0.25) is 5.91 Å². The van der Waals surface area contributed by atoms with E-state index in [1.165, 1.54) is 0 Å². The molecule has 1 atom stereocenters. The Morgan fingerprint density at radius 2 is 2.08 bits per heavy atom. The average molecular weight is 397 g/mol. The number of carbonyl (C=O) groups excluding carboxylic acids is 1. The van der Waals surface area contributed by atoms with Crippen LogP contribution < -0.4 is 5.32 Å². The van der Waals surface area contributed by atoms with Crippen LogP contribution in [-0.2, 0) is 11.2 Å². The molecule has 0 saturated carbocycles. The van der Waals surface area contributed by atoms with E-state index in [0.29, 0.717) is 10.0 Å². The van der Waals surface area contributed by atoms with Gasteiger partial charge in [-0.1, -0.05) is 29.3 Å². The lowest BCUT2D eigenvalue weighted by Gasteiger charge is -2.14. The number of thiophene rings is 1. The zero-order valence-corrected chi connectivity index (χ0v) is 15.9. The van der Waals surface area contributed by atoms with Gasteiger partial charge in [0, 0.05) is 16.3 Å². The summed E-state index contributed by atoms with van der Waals surface area (Å²) in [6.07, 6.45) is 0.256. The number of thiazole rings is 1. The normalized spacial score (nSPS) is 12.1. The molecular formula is C17H14Cl2N2OS2. The van der Waals surface area contributed by atoms with E-state index >= 15 is 0 Å². The van der Waals surface area contributed by atoms with E-state index in [4.69, 9.17) is 23.2 Å². The maximum Gasteiger partial charge on any atom is 0.226 e. The largest absolute Gasteiger partial charge is 0.349 e. The molecule has 1 amide bonds. The third-order valence-electron chi connectivity index (χ3n) is 3.48. The summed E-state index contributed by atoms with van der Waals surface area (Å²) in [4.78, 5) is 16.8. The summed E-state index contributed by atoms with van der Waals surface area (Å²) in [7, 11) is 0. The van der Waals surface area contributed by atoms with Crippen LogP contribution in [0, 0.1) is 0 Å². The molecule has 3 aromatic rings. The maximum atomic E-state index is 12.2. The fourth-order valence-electron chi connectivity index (χ4n) is 2.23. The van der Waals surface area contributed by atoms with Crippen LogP contribution in [0.5, 0.6) is 0 Å². The SMILES string of the molecule is CC(NC(=O)Cc1csc(-c2ccsc2)n1)c1ccc(Cl)c(Cl)c1. The predicted molar refractivity (Wildman–Crippen MR) is 102 cm³/mol. The molecule has 2 heterocycles. The lowest BCUT2D eigenvalue weighted by Crippen LogP contribution is -2.28. The molecule has 1 N–H and O–H groups in total. The zero-order valence-electron chi connectivity index (χ0n) is 12.8. The molecular weight excluding hydrogens is 383 g/mol. The van der Waals surface area contributed by atoms with Gasteiger partial charge in [-0.3, -0.25) is 4.79 Å². The number of aromatic nitrogens is 1. The van der Waals surface area contributed by atoms with Gasteiger partial charge in [0.25, 0.3) is 0 Å². The molecule has 0 bridgehead atoms. The minimum Gasteiger partial charge on any atom is -0.349 e. The summed E-state index contributed by atoms with van der Waals surface area (Å²) >= 11 is 15.1. The Balaban J connectivity index is 1.62. The summed E-state index contributed by atoms with van der Waals surface area (Å²) in [5, 5.41) is 10.9.